The highest BCUT2D eigenvalue weighted by molar-refractivity contribution is 6.24. The fourth-order valence-electron chi connectivity index (χ4n) is 6.93. The molecule has 0 bridgehead atoms. The van der Waals surface area contributed by atoms with E-state index >= 15 is 0 Å². The number of primary amides is 1. The summed E-state index contributed by atoms with van der Waals surface area (Å²) in [6, 6.07) is 10.5. The number of phenols is 1. The number of nitrogens with zero attached hydrogens (tertiary/aromatic N) is 2. The van der Waals surface area contributed by atoms with Gasteiger partial charge in [0.1, 0.15) is 22.8 Å². The highest BCUT2D eigenvalue weighted by atomic mass is 16.3. The lowest BCUT2D eigenvalue weighted by Gasteiger charge is -2.50. The summed E-state index contributed by atoms with van der Waals surface area (Å²) in [5.74, 6) is -6.65. The van der Waals surface area contributed by atoms with Crippen LogP contribution in [0.25, 0.3) is 11.8 Å². The largest absolute Gasteiger partial charge is 0.508 e. The third kappa shape index (κ3) is 4.86. The van der Waals surface area contributed by atoms with Gasteiger partial charge in [0.15, 0.2) is 11.4 Å². The minimum atomic E-state index is -2.67. The topological polar surface area (TPSA) is 177 Å². The van der Waals surface area contributed by atoms with Crippen molar-refractivity contribution in [1.29, 1.82) is 0 Å². The number of hydrogen-bond donors (Lipinski definition) is 6. The minimum absolute atomic E-state index is 0.0381. The molecule has 5 rings (SSSR count). The standard InChI is InChI=1S/C33H38N4O7/c1-36(2)22-15-19(16-35-12-8-11-17-9-6-5-7-10-17)27(38)24-20(22)13-18-14-21-26(37(3)4)29(40)25(32(34)43)31(42)33(21,44)30(41)23(18)28(24)39/h5-11,15,18,21,26,35,38-39,42,44H,12-14,16H2,1-4H3,(H2,34,43)/b11-8+/t18?,21?,26-,33-/m0/s1. The molecule has 0 radical (unpaired) electrons. The van der Waals surface area contributed by atoms with Crippen molar-refractivity contribution < 1.29 is 34.8 Å². The van der Waals surface area contributed by atoms with Crippen molar-refractivity contribution in [1.82, 2.24) is 10.2 Å². The zero-order valence-electron chi connectivity index (χ0n) is 25.2. The molecule has 1 amide bonds. The first-order valence-electron chi connectivity index (χ1n) is 14.4. The second-order valence-electron chi connectivity index (χ2n) is 12.1. The van der Waals surface area contributed by atoms with Gasteiger partial charge in [-0.25, -0.2) is 0 Å². The van der Waals surface area contributed by atoms with Crippen LogP contribution in [0.1, 0.15) is 28.7 Å². The third-order valence-electron chi connectivity index (χ3n) is 8.95. The Morgan fingerprint density at radius 3 is 2.41 bits per heavy atom. The molecular formula is C33H38N4O7. The highest BCUT2D eigenvalue weighted by Gasteiger charge is 2.64. The quantitative estimate of drug-likeness (QED) is 0.193. The number of benzene rings is 2. The number of likely N-dealkylation sites (N-methyl/N-ethyl adjacent to an activating group) is 1. The smallest absolute Gasteiger partial charge is 0.255 e. The van der Waals surface area contributed by atoms with Crippen LogP contribution in [-0.2, 0) is 27.3 Å². The summed E-state index contributed by atoms with van der Waals surface area (Å²) >= 11 is 0. The maximum Gasteiger partial charge on any atom is 0.255 e. The van der Waals surface area contributed by atoms with Crippen LogP contribution >= 0.6 is 0 Å². The molecule has 2 aromatic carbocycles. The van der Waals surface area contributed by atoms with Crippen LogP contribution in [0.5, 0.6) is 5.75 Å². The van der Waals surface area contributed by atoms with Crippen LogP contribution in [0.3, 0.4) is 0 Å². The molecule has 0 saturated heterocycles. The van der Waals surface area contributed by atoms with E-state index in [-0.39, 0.29) is 36.3 Å². The van der Waals surface area contributed by atoms with Gasteiger partial charge in [0.25, 0.3) is 5.91 Å². The summed E-state index contributed by atoms with van der Waals surface area (Å²) in [7, 11) is 6.82. The molecule has 2 aromatic rings. The van der Waals surface area contributed by atoms with E-state index in [2.05, 4.69) is 5.32 Å². The first-order valence-corrected chi connectivity index (χ1v) is 14.4. The molecule has 0 aromatic heterocycles. The lowest BCUT2D eigenvalue weighted by molar-refractivity contribution is -0.153. The van der Waals surface area contributed by atoms with E-state index < -0.39 is 58.0 Å². The van der Waals surface area contributed by atoms with E-state index in [1.165, 1.54) is 4.90 Å². The molecule has 11 heteroatoms. The first kappa shape index (κ1) is 31.0. The number of hydrogen-bond acceptors (Lipinski definition) is 10. The minimum Gasteiger partial charge on any atom is -0.508 e. The number of nitrogens with one attached hydrogen (secondary N) is 1. The molecular weight excluding hydrogens is 564 g/mol. The summed E-state index contributed by atoms with van der Waals surface area (Å²) in [6.07, 6.45) is 4.19. The number of Topliss-reactive ketones (excluding diaryl/α,β-unsaturated/α-hetero) is 2. The Balaban J connectivity index is 1.56. The van der Waals surface area contributed by atoms with Crippen LogP contribution in [0.15, 0.2) is 59.4 Å². The highest BCUT2D eigenvalue weighted by Crippen LogP contribution is 2.54. The monoisotopic (exact) mass is 602 g/mol. The predicted octanol–water partition coefficient (Wildman–Crippen LogP) is 1.83. The van der Waals surface area contributed by atoms with E-state index in [9.17, 15) is 34.8 Å². The number of amides is 1. The Kier molecular flexibility index (Phi) is 8.15. The first-order chi connectivity index (χ1) is 20.8. The summed E-state index contributed by atoms with van der Waals surface area (Å²) < 4.78 is 0. The molecule has 1 fully saturated rings. The normalized spacial score (nSPS) is 24.9. The van der Waals surface area contributed by atoms with Crippen LogP contribution in [0.2, 0.25) is 0 Å². The molecule has 1 saturated carbocycles. The maximum atomic E-state index is 14.1. The second-order valence-corrected chi connectivity index (χ2v) is 12.1. The van der Waals surface area contributed by atoms with E-state index in [0.717, 1.165) is 11.3 Å². The number of ketones is 2. The van der Waals surface area contributed by atoms with Crippen molar-refractivity contribution in [3.63, 3.8) is 0 Å². The van der Waals surface area contributed by atoms with Gasteiger partial charge < -0.3 is 36.4 Å². The number of fused-ring (bicyclic) bond motifs is 3. The molecule has 11 nitrogen and oxygen atoms in total. The van der Waals surface area contributed by atoms with E-state index in [4.69, 9.17) is 5.73 Å². The number of aliphatic hydroxyl groups is 3. The number of carbonyl (C=O) groups excluding carboxylic acids is 3. The lowest BCUT2D eigenvalue weighted by atomic mass is 9.57. The van der Waals surface area contributed by atoms with Crippen LogP contribution in [0.4, 0.5) is 5.69 Å². The Hall–Kier alpha value is -4.45. The molecule has 0 aliphatic heterocycles. The van der Waals surface area contributed by atoms with Gasteiger partial charge in [0.05, 0.1) is 11.6 Å². The molecule has 3 aliphatic rings. The fraction of sp³-hybridized carbons (Fsp3) is 0.364. The van der Waals surface area contributed by atoms with E-state index in [1.807, 2.05) is 67.5 Å². The number of aliphatic hydroxyl groups excluding tert-OH is 2. The van der Waals surface area contributed by atoms with Gasteiger partial charge in [-0.3, -0.25) is 19.3 Å². The molecule has 232 valence electrons. The Morgan fingerprint density at radius 1 is 1.11 bits per heavy atom. The van der Waals surface area contributed by atoms with Crippen LogP contribution in [-0.4, -0.2) is 89.2 Å². The van der Waals surface area contributed by atoms with Gasteiger partial charge >= 0.3 is 0 Å². The number of aromatic hydroxyl groups is 1. The molecule has 44 heavy (non-hydrogen) atoms. The predicted molar refractivity (Wildman–Crippen MR) is 166 cm³/mol. The zero-order valence-corrected chi connectivity index (χ0v) is 25.2. The second kappa shape index (κ2) is 11.6. The third-order valence-corrected chi connectivity index (χ3v) is 8.95. The van der Waals surface area contributed by atoms with Crippen molar-refractivity contribution in [3.8, 4) is 5.75 Å². The molecule has 4 atom stereocenters. The average molecular weight is 603 g/mol. The number of carbonyl (C=O) groups is 3. The van der Waals surface area contributed by atoms with Crippen molar-refractivity contribution in [2.24, 2.45) is 17.6 Å². The fourth-order valence-corrected chi connectivity index (χ4v) is 6.93. The summed E-state index contributed by atoms with van der Waals surface area (Å²) in [6.45, 7) is 0.757. The van der Waals surface area contributed by atoms with Gasteiger partial charge in [0, 0.05) is 49.9 Å². The maximum absolute atomic E-state index is 14.1. The Labute approximate surface area is 255 Å². The molecule has 3 aliphatic carbocycles. The van der Waals surface area contributed by atoms with E-state index in [0.29, 0.717) is 17.7 Å². The van der Waals surface area contributed by atoms with Crippen molar-refractivity contribution in [2.45, 2.75) is 31.0 Å². The van der Waals surface area contributed by atoms with Crippen LogP contribution < -0.4 is 16.0 Å². The van der Waals surface area contributed by atoms with Gasteiger partial charge in [-0.15, -0.1) is 0 Å². The van der Waals surface area contributed by atoms with Crippen molar-refractivity contribution in [2.75, 3.05) is 39.6 Å². The summed E-state index contributed by atoms with van der Waals surface area (Å²) in [5.41, 5.74) is 4.68. The Bertz CT molecular complexity index is 1630. The van der Waals surface area contributed by atoms with Crippen LogP contribution in [0, 0.1) is 11.8 Å². The van der Waals surface area contributed by atoms with Gasteiger partial charge in [-0.05, 0) is 50.0 Å². The number of anilines is 1. The summed E-state index contributed by atoms with van der Waals surface area (Å²) in [5, 5.41) is 49.2. The van der Waals surface area contributed by atoms with Gasteiger partial charge in [-0.2, -0.15) is 0 Å². The SMILES string of the molecule is CN(C)c1cc(CNC/C=C/c2ccccc2)c(O)c2c1CC1CC3[C@H](N(C)C)C(=O)C(C(N)=O)=C(O)[C@@]3(O)C(=O)C1=C2O. The number of phenolic OH excluding ortho intramolecular Hbond substituents is 1. The van der Waals surface area contributed by atoms with Crippen molar-refractivity contribution in [3.05, 3.63) is 81.6 Å². The summed E-state index contributed by atoms with van der Waals surface area (Å²) in [4.78, 5) is 42.9. The average Bonchev–Trinajstić information content (AvgIpc) is 2.95. The van der Waals surface area contributed by atoms with Gasteiger partial charge in [-0.1, -0.05) is 42.5 Å². The number of rotatable bonds is 8. The van der Waals surface area contributed by atoms with Gasteiger partial charge in [0.2, 0.25) is 5.78 Å². The molecule has 2 unspecified atom stereocenters. The molecule has 7 N–H and O–H groups in total. The Morgan fingerprint density at radius 2 is 1.80 bits per heavy atom. The lowest BCUT2D eigenvalue weighted by Crippen LogP contribution is -2.65. The molecule has 0 spiro atoms. The zero-order chi connectivity index (χ0) is 32.1. The molecule has 0 heterocycles. The van der Waals surface area contributed by atoms with Crippen molar-refractivity contribution >= 4 is 35.0 Å². The number of nitrogens with two attached hydrogens (primary N) is 1. The van der Waals surface area contributed by atoms with E-state index in [1.54, 1.807) is 14.1 Å².